The lowest BCUT2D eigenvalue weighted by molar-refractivity contribution is -0.147. The quantitative estimate of drug-likeness (QED) is 0.498. The van der Waals surface area contributed by atoms with Crippen LogP contribution in [-0.2, 0) is 19.1 Å². The molecule has 5 heteroatoms. The van der Waals surface area contributed by atoms with Crippen molar-refractivity contribution in [3.05, 3.63) is 71.8 Å². The van der Waals surface area contributed by atoms with Crippen molar-refractivity contribution in [2.75, 3.05) is 6.26 Å². The maximum absolute atomic E-state index is 13.0. The predicted octanol–water partition coefficient (Wildman–Crippen LogP) is 4.03. The summed E-state index contributed by atoms with van der Waals surface area (Å²) >= 11 is 1.60. The number of carbonyl (C=O) groups excluding carboxylic acids is 3. The summed E-state index contributed by atoms with van der Waals surface area (Å²) in [5.41, 5.74) is 1.96. The number of benzene rings is 2. The van der Waals surface area contributed by atoms with Crippen LogP contribution in [-0.4, -0.2) is 35.1 Å². The molecule has 0 aromatic heterocycles. The fourth-order valence-corrected chi connectivity index (χ4v) is 3.91. The van der Waals surface area contributed by atoms with Crippen molar-refractivity contribution in [1.82, 2.24) is 0 Å². The second kappa shape index (κ2) is 9.20. The van der Waals surface area contributed by atoms with Crippen LogP contribution in [0.1, 0.15) is 36.8 Å². The minimum Gasteiger partial charge on any atom is -0.453 e. The maximum atomic E-state index is 13.0. The van der Waals surface area contributed by atoms with Crippen molar-refractivity contribution in [3.8, 4) is 0 Å². The van der Waals surface area contributed by atoms with E-state index in [0.29, 0.717) is 6.42 Å². The van der Waals surface area contributed by atoms with Crippen LogP contribution in [0.3, 0.4) is 0 Å². The van der Waals surface area contributed by atoms with E-state index in [1.165, 1.54) is 0 Å². The Morgan fingerprint density at radius 3 is 2.04 bits per heavy atom. The zero-order chi connectivity index (χ0) is 20.1. The van der Waals surface area contributed by atoms with Crippen molar-refractivity contribution < 1.29 is 19.1 Å². The Labute approximate surface area is 169 Å². The minimum absolute atomic E-state index is 0.0876. The lowest BCUT2D eigenvalue weighted by atomic mass is 9.83. The average Bonchev–Trinajstić information content (AvgIpc) is 3.00. The first kappa shape index (κ1) is 20.3. The summed E-state index contributed by atoms with van der Waals surface area (Å²) in [5.74, 6) is -2.97. The van der Waals surface area contributed by atoms with E-state index in [0.717, 1.165) is 11.1 Å². The highest BCUT2D eigenvalue weighted by Gasteiger charge is 2.48. The molecule has 1 fully saturated rings. The van der Waals surface area contributed by atoms with Gasteiger partial charge in [-0.3, -0.25) is 14.4 Å². The van der Waals surface area contributed by atoms with E-state index < -0.39 is 23.8 Å². The topological polar surface area (TPSA) is 60.4 Å². The van der Waals surface area contributed by atoms with Gasteiger partial charge in [0.15, 0.2) is 23.6 Å². The summed E-state index contributed by atoms with van der Waals surface area (Å²) in [6.45, 7) is 1.97. The van der Waals surface area contributed by atoms with Gasteiger partial charge in [-0.1, -0.05) is 67.6 Å². The monoisotopic (exact) mass is 396 g/mol. The molecule has 0 bridgehead atoms. The van der Waals surface area contributed by atoms with Crippen LogP contribution in [0.4, 0.5) is 0 Å². The number of hydrogen-bond donors (Lipinski definition) is 0. The molecule has 0 saturated carbocycles. The van der Waals surface area contributed by atoms with Gasteiger partial charge in [0.1, 0.15) is 0 Å². The third-order valence-electron chi connectivity index (χ3n) is 5.18. The number of hydrogen-bond acceptors (Lipinski definition) is 5. The lowest BCUT2D eigenvalue weighted by Crippen LogP contribution is -2.30. The molecule has 0 N–H and O–H groups in total. The van der Waals surface area contributed by atoms with E-state index >= 15 is 0 Å². The fraction of sp³-hybridized carbons (Fsp3) is 0.348. The van der Waals surface area contributed by atoms with Crippen LogP contribution in [0, 0.1) is 5.92 Å². The zero-order valence-electron chi connectivity index (χ0n) is 16.0. The summed E-state index contributed by atoms with van der Waals surface area (Å²) in [6.07, 6.45) is 1.66. The van der Waals surface area contributed by atoms with Gasteiger partial charge < -0.3 is 4.74 Å². The molecule has 28 heavy (non-hydrogen) atoms. The summed E-state index contributed by atoms with van der Waals surface area (Å²) in [6, 6.07) is 19.4. The number of cyclic esters (lactones) is 1. The molecule has 0 amide bonds. The van der Waals surface area contributed by atoms with Crippen molar-refractivity contribution >= 4 is 29.3 Å². The van der Waals surface area contributed by atoms with Crippen LogP contribution in [0.15, 0.2) is 60.7 Å². The maximum Gasteiger partial charge on any atom is 0.325 e. The number of Topliss-reactive ketones (excluding diaryl/α,β-unsaturated/α-hetero) is 2. The van der Waals surface area contributed by atoms with Crippen LogP contribution < -0.4 is 0 Å². The third kappa shape index (κ3) is 4.53. The smallest absolute Gasteiger partial charge is 0.325 e. The van der Waals surface area contributed by atoms with Gasteiger partial charge in [0.05, 0.1) is 0 Å². The Morgan fingerprint density at radius 1 is 1.00 bits per heavy atom. The number of thioether (sulfide) groups is 1. The van der Waals surface area contributed by atoms with Crippen molar-refractivity contribution in [1.29, 1.82) is 0 Å². The first-order valence-corrected chi connectivity index (χ1v) is 10.7. The molecule has 1 saturated heterocycles. The molecular formula is C23H24O4S. The van der Waals surface area contributed by atoms with Gasteiger partial charge in [0.25, 0.3) is 0 Å². The minimum atomic E-state index is -1.30. The van der Waals surface area contributed by atoms with Gasteiger partial charge in [-0.2, -0.15) is 11.8 Å². The van der Waals surface area contributed by atoms with Gasteiger partial charge in [-0.05, 0) is 17.4 Å². The van der Waals surface area contributed by atoms with Crippen molar-refractivity contribution in [2.45, 2.75) is 37.0 Å². The van der Waals surface area contributed by atoms with Crippen LogP contribution in [0.5, 0.6) is 0 Å². The van der Waals surface area contributed by atoms with E-state index in [1.807, 2.05) is 73.8 Å². The summed E-state index contributed by atoms with van der Waals surface area (Å²) in [5, 5.41) is 0.178. The zero-order valence-corrected chi connectivity index (χ0v) is 16.9. The normalized spacial score (nSPS) is 20.2. The Hall–Kier alpha value is -2.40. The van der Waals surface area contributed by atoms with E-state index in [9.17, 15) is 14.4 Å². The molecule has 3 atom stereocenters. The van der Waals surface area contributed by atoms with Gasteiger partial charge in [0, 0.05) is 24.0 Å². The number of carbonyl (C=O) groups is 3. The van der Waals surface area contributed by atoms with Crippen molar-refractivity contribution in [2.24, 2.45) is 5.92 Å². The molecule has 146 valence electrons. The van der Waals surface area contributed by atoms with E-state index in [1.54, 1.807) is 11.8 Å². The Bertz CT molecular complexity index is 795. The van der Waals surface area contributed by atoms with Crippen molar-refractivity contribution in [3.63, 3.8) is 0 Å². The summed E-state index contributed by atoms with van der Waals surface area (Å²) in [4.78, 5) is 38.0. The molecule has 2 aromatic carbocycles. The molecule has 3 rings (SSSR count). The van der Waals surface area contributed by atoms with E-state index in [-0.39, 0.29) is 23.4 Å². The second-order valence-electron chi connectivity index (χ2n) is 7.09. The Balaban J connectivity index is 1.81. The van der Waals surface area contributed by atoms with Gasteiger partial charge in [0.2, 0.25) is 0 Å². The number of rotatable bonds is 8. The Morgan fingerprint density at radius 2 is 1.54 bits per heavy atom. The molecule has 2 aromatic rings. The van der Waals surface area contributed by atoms with E-state index in [2.05, 4.69) is 0 Å². The second-order valence-corrected chi connectivity index (χ2v) is 8.36. The van der Waals surface area contributed by atoms with Gasteiger partial charge >= 0.3 is 5.97 Å². The van der Waals surface area contributed by atoms with Gasteiger partial charge in [-0.15, -0.1) is 0 Å². The third-order valence-corrected chi connectivity index (χ3v) is 6.17. The molecular weight excluding hydrogens is 372 g/mol. The molecule has 0 spiro atoms. The predicted molar refractivity (Wildman–Crippen MR) is 110 cm³/mol. The average molecular weight is 397 g/mol. The molecule has 1 aliphatic rings. The van der Waals surface area contributed by atoms with Crippen LogP contribution >= 0.6 is 11.8 Å². The molecule has 3 unspecified atom stereocenters. The highest BCUT2D eigenvalue weighted by atomic mass is 32.2. The number of ether oxygens (including phenoxy) is 1. The fourth-order valence-electron chi connectivity index (χ4n) is 3.54. The first-order valence-electron chi connectivity index (χ1n) is 9.41. The highest BCUT2D eigenvalue weighted by Crippen LogP contribution is 2.32. The largest absolute Gasteiger partial charge is 0.453 e. The van der Waals surface area contributed by atoms with Gasteiger partial charge in [-0.25, -0.2) is 0 Å². The van der Waals surface area contributed by atoms with Crippen LogP contribution in [0.25, 0.3) is 0 Å². The highest BCUT2D eigenvalue weighted by molar-refractivity contribution is 7.99. The Kier molecular flexibility index (Phi) is 6.68. The molecule has 1 aliphatic heterocycles. The first-order chi connectivity index (χ1) is 13.5. The number of ketones is 2. The summed E-state index contributed by atoms with van der Waals surface area (Å²) < 4.78 is 5.25. The lowest BCUT2D eigenvalue weighted by Gasteiger charge is -2.18. The molecule has 1 heterocycles. The standard InChI is InChI=1S/C23H24O4S/c1-15(28-2)13-20-22(25)21(23(26)27-20)19(24)14-18(16-9-5-3-6-10-16)17-11-7-4-8-12-17/h3-12,15,18,20-21H,13-14H2,1-2H3. The molecule has 0 radical (unpaired) electrons. The molecule has 4 nitrogen and oxygen atoms in total. The molecule has 0 aliphatic carbocycles. The van der Waals surface area contributed by atoms with E-state index in [4.69, 9.17) is 4.74 Å². The SMILES string of the molecule is CSC(C)CC1OC(=O)C(C(=O)CC(c2ccccc2)c2ccccc2)C1=O. The summed E-state index contributed by atoms with van der Waals surface area (Å²) in [7, 11) is 0. The van der Waals surface area contributed by atoms with Crippen LogP contribution in [0.2, 0.25) is 0 Å². The number of esters is 1.